The normalized spacial score (nSPS) is 10.8. The van der Waals surface area contributed by atoms with Crippen LogP contribution >= 0.6 is 0 Å². The first-order valence-corrected chi connectivity index (χ1v) is 12.7. The zero-order valence-electron chi connectivity index (χ0n) is 22.6. The van der Waals surface area contributed by atoms with Gasteiger partial charge in [-0.25, -0.2) is 5.43 Å². The lowest BCUT2D eigenvalue weighted by Gasteiger charge is -2.11. The molecular weight excluding hydrogens is 496 g/mol. The van der Waals surface area contributed by atoms with Gasteiger partial charge in [-0.15, -0.1) is 0 Å². The summed E-state index contributed by atoms with van der Waals surface area (Å²) in [4.78, 5) is 36.4. The standard InChI is InChI=1S/C30H34N4O5/c1-5-21-8-13-25(14-9-21)33-28(35)19-39-26-15-10-23(16-27(26)38-4)18-32-34-30(37)29(36)31-17-22-6-11-24(12-7-22)20(2)3/h6-16,18,20H,5,17,19H2,1-4H3,(H,31,36)(H,33,35)(H,34,37)/b32-18-. The molecule has 3 N–H and O–H groups in total. The van der Waals surface area contributed by atoms with Gasteiger partial charge in [0.2, 0.25) is 0 Å². The molecule has 0 aromatic heterocycles. The van der Waals surface area contributed by atoms with Crippen LogP contribution in [0.25, 0.3) is 0 Å². The lowest BCUT2D eigenvalue weighted by molar-refractivity contribution is -0.139. The number of benzene rings is 3. The predicted octanol–water partition coefficient (Wildman–Crippen LogP) is 4.17. The number of hydrogen-bond donors (Lipinski definition) is 3. The van der Waals surface area contributed by atoms with Gasteiger partial charge in [0.15, 0.2) is 18.1 Å². The zero-order valence-corrected chi connectivity index (χ0v) is 22.6. The van der Waals surface area contributed by atoms with Crippen molar-refractivity contribution < 1.29 is 23.9 Å². The number of amides is 3. The summed E-state index contributed by atoms with van der Waals surface area (Å²) in [6, 6.07) is 20.4. The van der Waals surface area contributed by atoms with E-state index >= 15 is 0 Å². The number of carbonyl (C=O) groups is 3. The van der Waals surface area contributed by atoms with Crippen LogP contribution in [0.4, 0.5) is 5.69 Å². The highest BCUT2D eigenvalue weighted by Gasteiger charge is 2.13. The van der Waals surface area contributed by atoms with E-state index in [1.165, 1.54) is 24.5 Å². The van der Waals surface area contributed by atoms with Crippen LogP contribution in [0.15, 0.2) is 71.8 Å². The number of carbonyl (C=O) groups excluding carboxylic acids is 3. The Balaban J connectivity index is 1.47. The summed E-state index contributed by atoms with van der Waals surface area (Å²) in [6.45, 7) is 6.31. The second-order valence-electron chi connectivity index (χ2n) is 9.08. The Morgan fingerprint density at radius 2 is 1.59 bits per heavy atom. The van der Waals surface area contributed by atoms with E-state index in [2.05, 4.69) is 41.9 Å². The quantitative estimate of drug-likeness (QED) is 0.195. The molecule has 0 unspecified atom stereocenters. The molecule has 0 heterocycles. The Kier molecular flexibility index (Phi) is 10.6. The van der Waals surface area contributed by atoms with Crippen LogP contribution in [-0.2, 0) is 27.3 Å². The lowest BCUT2D eigenvalue weighted by Crippen LogP contribution is -2.37. The molecule has 3 amide bonds. The van der Waals surface area contributed by atoms with Crippen LogP contribution in [0, 0.1) is 0 Å². The summed E-state index contributed by atoms with van der Waals surface area (Å²) in [5.41, 5.74) is 6.76. The zero-order chi connectivity index (χ0) is 28.2. The molecule has 0 spiro atoms. The van der Waals surface area contributed by atoms with Gasteiger partial charge < -0.3 is 20.1 Å². The van der Waals surface area contributed by atoms with E-state index in [4.69, 9.17) is 9.47 Å². The number of hydrogen-bond acceptors (Lipinski definition) is 6. The summed E-state index contributed by atoms with van der Waals surface area (Å²) < 4.78 is 11.0. The SMILES string of the molecule is CCc1ccc(NC(=O)COc2ccc(/C=N\NC(=O)C(=O)NCc3ccc(C(C)C)cc3)cc2OC)cc1. The Labute approximate surface area is 228 Å². The van der Waals surface area contributed by atoms with Crippen molar-refractivity contribution in [1.29, 1.82) is 0 Å². The third kappa shape index (κ3) is 8.99. The molecule has 0 aliphatic heterocycles. The van der Waals surface area contributed by atoms with Crippen molar-refractivity contribution in [2.75, 3.05) is 19.0 Å². The molecular formula is C30H34N4O5. The van der Waals surface area contributed by atoms with Crippen molar-refractivity contribution >= 4 is 29.6 Å². The van der Waals surface area contributed by atoms with E-state index < -0.39 is 11.8 Å². The number of hydrazone groups is 1. The molecule has 0 saturated carbocycles. The number of nitrogens with zero attached hydrogens (tertiary/aromatic N) is 1. The Morgan fingerprint density at radius 3 is 2.23 bits per heavy atom. The molecule has 3 rings (SSSR count). The van der Waals surface area contributed by atoms with Crippen molar-refractivity contribution in [3.05, 3.63) is 89.0 Å². The molecule has 9 nitrogen and oxygen atoms in total. The fourth-order valence-corrected chi connectivity index (χ4v) is 3.55. The van der Waals surface area contributed by atoms with Gasteiger partial charge in [-0.1, -0.05) is 57.2 Å². The van der Waals surface area contributed by atoms with E-state index in [0.717, 1.165) is 12.0 Å². The van der Waals surface area contributed by atoms with Gasteiger partial charge in [-0.3, -0.25) is 14.4 Å². The first-order valence-electron chi connectivity index (χ1n) is 12.7. The van der Waals surface area contributed by atoms with E-state index in [0.29, 0.717) is 28.7 Å². The van der Waals surface area contributed by atoms with Crippen LogP contribution in [0.1, 0.15) is 48.9 Å². The molecule has 0 aliphatic rings. The number of nitrogens with one attached hydrogen (secondary N) is 3. The molecule has 3 aromatic carbocycles. The molecule has 0 fully saturated rings. The summed E-state index contributed by atoms with van der Waals surface area (Å²) >= 11 is 0. The highest BCUT2D eigenvalue weighted by atomic mass is 16.5. The minimum Gasteiger partial charge on any atom is -0.493 e. The number of aryl methyl sites for hydroxylation is 1. The molecule has 204 valence electrons. The van der Waals surface area contributed by atoms with Crippen LogP contribution in [0.2, 0.25) is 0 Å². The maximum Gasteiger partial charge on any atom is 0.329 e. The van der Waals surface area contributed by atoms with Crippen LogP contribution in [0.3, 0.4) is 0 Å². The van der Waals surface area contributed by atoms with Gasteiger partial charge >= 0.3 is 11.8 Å². The largest absolute Gasteiger partial charge is 0.493 e. The maximum atomic E-state index is 12.3. The fourth-order valence-electron chi connectivity index (χ4n) is 3.55. The molecule has 39 heavy (non-hydrogen) atoms. The minimum atomic E-state index is -0.882. The molecule has 0 aliphatic carbocycles. The highest BCUT2D eigenvalue weighted by Crippen LogP contribution is 2.27. The van der Waals surface area contributed by atoms with Gasteiger partial charge in [-0.05, 0) is 64.9 Å². The monoisotopic (exact) mass is 530 g/mol. The third-order valence-electron chi connectivity index (χ3n) is 5.88. The molecule has 0 radical (unpaired) electrons. The third-order valence-corrected chi connectivity index (χ3v) is 5.88. The highest BCUT2D eigenvalue weighted by molar-refractivity contribution is 6.35. The fraction of sp³-hybridized carbons (Fsp3) is 0.267. The van der Waals surface area contributed by atoms with Gasteiger partial charge in [0, 0.05) is 12.2 Å². The van der Waals surface area contributed by atoms with E-state index in [1.807, 2.05) is 48.5 Å². The van der Waals surface area contributed by atoms with Crippen LogP contribution < -0.4 is 25.5 Å². The van der Waals surface area contributed by atoms with Crippen LogP contribution in [0.5, 0.6) is 11.5 Å². The topological polar surface area (TPSA) is 118 Å². The number of rotatable bonds is 11. The first-order chi connectivity index (χ1) is 18.8. The van der Waals surface area contributed by atoms with E-state index in [1.54, 1.807) is 18.2 Å². The Bertz CT molecular complexity index is 1300. The first kappa shape index (κ1) is 28.9. The van der Waals surface area contributed by atoms with Crippen molar-refractivity contribution in [2.24, 2.45) is 5.10 Å². The van der Waals surface area contributed by atoms with Gasteiger partial charge in [0.25, 0.3) is 5.91 Å². The second kappa shape index (κ2) is 14.3. The van der Waals surface area contributed by atoms with Crippen LogP contribution in [-0.4, -0.2) is 37.7 Å². The van der Waals surface area contributed by atoms with Crippen molar-refractivity contribution in [3.63, 3.8) is 0 Å². The Morgan fingerprint density at radius 1 is 0.897 bits per heavy atom. The number of anilines is 1. The summed E-state index contributed by atoms with van der Waals surface area (Å²) in [5.74, 6) is -0.807. The summed E-state index contributed by atoms with van der Waals surface area (Å²) in [6.07, 6.45) is 2.29. The van der Waals surface area contributed by atoms with Crippen molar-refractivity contribution in [3.8, 4) is 11.5 Å². The predicted molar refractivity (Wildman–Crippen MR) is 151 cm³/mol. The van der Waals surface area contributed by atoms with Gasteiger partial charge in [-0.2, -0.15) is 5.10 Å². The average molecular weight is 531 g/mol. The maximum absolute atomic E-state index is 12.3. The summed E-state index contributed by atoms with van der Waals surface area (Å²) in [5, 5.41) is 9.20. The summed E-state index contributed by atoms with van der Waals surface area (Å²) in [7, 11) is 1.47. The van der Waals surface area contributed by atoms with Gasteiger partial charge in [0.05, 0.1) is 13.3 Å². The molecule has 0 saturated heterocycles. The van der Waals surface area contributed by atoms with E-state index in [9.17, 15) is 14.4 Å². The minimum absolute atomic E-state index is 0.202. The molecule has 0 bridgehead atoms. The molecule has 0 atom stereocenters. The number of ether oxygens (including phenoxy) is 2. The Hall–Kier alpha value is -4.66. The smallest absolute Gasteiger partial charge is 0.329 e. The number of methoxy groups -OCH3 is 1. The van der Waals surface area contributed by atoms with Crippen molar-refractivity contribution in [1.82, 2.24) is 10.7 Å². The van der Waals surface area contributed by atoms with Crippen molar-refractivity contribution in [2.45, 2.75) is 39.7 Å². The molecule has 3 aromatic rings. The average Bonchev–Trinajstić information content (AvgIpc) is 2.95. The lowest BCUT2D eigenvalue weighted by atomic mass is 10.0. The molecule has 9 heteroatoms. The second-order valence-corrected chi connectivity index (χ2v) is 9.08. The van der Waals surface area contributed by atoms with E-state index in [-0.39, 0.29) is 19.1 Å². The van der Waals surface area contributed by atoms with Gasteiger partial charge in [0.1, 0.15) is 0 Å².